The molecule has 0 saturated heterocycles. The van der Waals surface area contributed by atoms with Crippen molar-refractivity contribution in [3.8, 4) is 6.07 Å². The van der Waals surface area contributed by atoms with Crippen molar-refractivity contribution >= 4 is 17.9 Å². The van der Waals surface area contributed by atoms with Crippen LogP contribution in [-0.4, -0.2) is 18.8 Å². The third-order valence-corrected chi connectivity index (χ3v) is 2.47. The van der Waals surface area contributed by atoms with E-state index >= 15 is 0 Å². The fourth-order valence-electron chi connectivity index (χ4n) is 1.54. The minimum absolute atomic E-state index is 0.258. The van der Waals surface area contributed by atoms with Gasteiger partial charge in [-0.3, -0.25) is 9.79 Å². The number of carbonyl (C=O) groups is 1. The Morgan fingerprint density at radius 1 is 1.50 bits per heavy atom. The lowest BCUT2D eigenvalue weighted by atomic mass is 10.1. The van der Waals surface area contributed by atoms with Gasteiger partial charge in [0, 0.05) is 6.21 Å². The standard InChI is InChI=1S/C14H16N2O2/c1-4-18-14(17)12(8-15)9-16-13-10(2)6-5-7-11(13)3/h5-7,9,12H,4H2,1-3H3. The van der Waals surface area contributed by atoms with E-state index in [9.17, 15) is 4.79 Å². The molecule has 0 aliphatic heterocycles. The molecule has 18 heavy (non-hydrogen) atoms. The van der Waals surface area contributed by atoms with Gasteiger partial charge in [-0.25, -0.2) is 0 Å². The van der Waals surface area contributed by atoms with Gasteiger partial charge in [-0.15, -0.1) is 0 Å². The van der Waals surface area contributed by atoms with E-state index in [0.717, 1.165) is 16.8 Å². The van der Waals surface area contributed by atoms with Crippen LogP contribution in [0.3, 0.4) is 0 Å². The number of aliphatic imine (C=N–C) groups is 1. The Morgan fingerprint density at radius 2 is 2.11 bits per heavy atom. The van der Waals surface area contributed by atoms with Crippen molar-refractivity contribution in [1.29, 1.82) is 5.26 Å². The summed E-state index contributed by atoms with van der Waals surface area (Å²) in [6, 6.07) is 7.69. The Hall–Kier alpha value is -2.15. The molecule has 0 heterocycles. The van der Waals surface area contributed by atoms with E-state index < -0.39 is 11.9 Å². The van der Waals surface area contributed by atoms with Gasteiger partial charge in [0.15, 0.2) is 5.92 Å². The van der Waals surface area contributed by atoms with Crippen LogP contribution in [0.25, 0.3) is 0 Å². The quantitative estimate of drug-likeness (QED) is 0.604. The number of hydrogen-bond donors (Lipinski definition) is 0. The third kappa shape index (κ3) is 3.42. The molecule has 1 atom stereocenters. The highest BCUT2D eigenvalue weighted by molar-refractivity contribution is 5.93. The zero-order chi connectivity index (χ0) is 13.5. The number of carbonyl (C=O) groups excluding carboxylic acids is 1. The molecular weight excluding hydrogens is 228 g/mol. The predicted molar refractivity (Wildman–Crippen MR) is 69.8 cm³/mol. The largest absolute Gasteiger partial charge is 0.465 e. The zero-order valence-corrected chi connectivity index (χ0v) is 10.8. The van der Waals surface area contributed by atoms with Crippen molar-refractivity contribution in [2.24, 2.45) is 10.9 Å². The molecule has 4 heteroatoms. The van der Waals surface area contributed by atoms with Crippen LogP contribution < -0.4 is 0 Å². The number of para-hydroxylation sites is 1. The summed E-state index contributed by atoms with van der Waals surface area (Å²) < 4.78 is 4.79. The number of benzene rings is 1. The van der Waals surface area contributed by atoms with E-state index in [2.05, 4.69) is 4.99 Å². The summed E-state index contributed by atoms with van der Waals surface area (Å²) in [7, 11) is 0. The van der Waals surface area contributed by atoms with Crippen molar-refractivity contribution in [2.45, 2.75) is 20.8 Å². The summed E-state index contributed by atoms with van der Waals surface area (Å²) in [6.45, 7) is 5.83. The second-order valence-corrected chi connectivity index (χ2v) is 3.88. The van der Waals surface area contributed by atoms with Gasteiger partial charge in [0.1, 0.15) is 0 Å². The van der Waals surface area contributed by atoms with Crippen LogP contribution in [0.15, 0.2) is 23.2 Å². The number of nitriles is 1. The van der Waals surface area contributed by atoms with Gasteiger partial charge in [-0.1, -0.05) is 18.2 Å². The van der Waals surface area contributed by atoms with Crippen LogP contribution in [-0.2, 0) is 9.53 Å². The van der Waals surface area contributed by atoms with E-state index in [1.807, 2.05) is 38.1 Å². The van der Waals surface area contributed by atoms with Gasteiger partial charge in [0.25, 0.3) is 0 Å². The van der Waals surface area contributed by atoms with Crippen molar-refractivity contribution in [3.05, 3.63) is 29.3 Å². The van der Waals surface area contributed by atoms with Crippen LogP contribution >= 0.6 is 0 Å². The van der Waals surface area contributed by atoms with Gasteiger partial charge < -0.3 is 4.74 Å². The van der Waals surface area contributed by atoms with Gasteiger partial charge in [-0.2, -0.15) is 5.26 Å². The maximum absolute atomic E-state index is 11.4. The Kier molecular flexibility index (Phi) is 5.06. The maximum atomic E-state index is 11.4. The molecule has 0 aliphatic rings. The average Bonchev–Trinajstić information content (AvgIpc) is 2.33. The first-order valence-electron chi connectivity index (χ1n) is 5.76. The first kappa shape index (κ1) is 13.9. The van der Waals surface area contributed by atoms with Crippen LogP contribution in [0, 0.1) is 31.1 Å². The lowest BCUT2D eigenvalue weighted by molar-refractivity contribution is -0.143. The van der Waals surface area contributed by atoms with Gasteiger partial charge >= 0.3 is 5.97 Å². The fourth-order valence-corrected chi connectivity index (χ4v) is 1.54. The molecule has 0 amide bonds. The molecule has 1 aromatic rings. The SMILES string of the molecule is CCOC(=O)C(C#N)C=Nc1c(C)cccc1C. The average molecular weight is 244 g/mol. The number of rotatable bonds is 4. The molecular formula is C14H16N2O2. The summed E-state index contributed by atoms with van der Waals surface area (Å²) in [5.41, 5.74) is 2.81. The number of ether oxygens (including phenoxy) is 1. The summed E-state index contributed by atoms with van der Waals surface area (Å²) in [6.07, 6.45) is 1.34. The van der Waals surface area contributed by atoms with Crippen LogP contribution in [0.4, 0.5) is 5.69 Å². The van der Waals surface area contributed by atoms with E-state index in [-0.39, 0.29) is 6.61 Å². The molecule has 1 unspecified atom stereocenters. The lowest BCUT2D eigenvalue weighted by Gasteiger charge is -2.05. The first-order chi connectivity index (χ1) is 8.60. The molecule has 1 rings (SSSR count). The zero-order valence-electron chi connectivity index (χ0n) is 10.8. The van der Waals surface area contributed by atoms with Crippen molar-refractivity contribution in [1.82, 2.24) is 0 Å². The monoisotopic (exact) mass is 244 g/mol. The summed E-state index contributed by atoms with van der Waals surface area (Å²) >= 11 is 0. The molecule has 4 nitrogen and oxygen atoms in total. The smallest absolute Gasteiger partial charge is 0.328 e. The molecule has 0 saturated carbocycles. The van der Waals surface area contributed by atoms with Gasteiger partial charge in [0.2, 0.25) is 0 Å². The topological polar surface area (TPSA) is 62.5 Å². The minimum Gasteiger partial charge on any atom is -0.465 e. The van der Waals surface area contributed by atoms with Crippen molar-refractivity contribution in [3.63, 3.8) is 0 Å². The fraction of sp³-hybridized carbons (Fsp3) is 0.357. The third-order valence-electron chi connectivity index (χ3n) is 2.47. The molecule has 0 spiro atoms. The predicted octanol–water partition coefficient (Wildman–Crippen LogP) is 2.71. The molecule has 0 bridgehead atoms. The Bertz CT molecular complexity index is 481. The summed E-state index contributed by atoms with van der Waals surface area (Å²) in [4.78, 5) is 15.7. The molecule has 94 valence electrons. The van der Waals surface area contributed by atoms with E-state index in [1.165, 1.54) is 6.21 Å². The number of aryl methyl sites for hydroxylation is 2. The highest BCUT2D eigenvalue weighted by atomic mass is 16.5. The highest BCUT2D eigenvalue weighted by Gasteiger charge is 2.16. The second kappa shape index (κ2) is 6.55. The first-order valence-corrected chi connectivity index (χ1v) is 5.76. The Balaban J connectivity index is 2.92. The Labute approximate surface area is 107 Å². The van der Waals surface area contributed by atoms with Crippen molar-refractivity contribution < 1.29 is 9.53 Å². The normalized spacial score (nSPS) is 12.1. The number of hydrogen-bond acceptors (Lipinski definition) is 4. The van der Waals surface area contributed by atoms with Crippen molar-refractivity contribution in [2.75, 3.05) is 6.61 Å². The van der Waals surface area contributed by atoms with Gasteiger partial charge in [0.05, 0.1) is 18.4 Å². The minimum atomic E-state index is -0.955. The molecule has 0 fully saturated rings. The summed E-state index contributed by atoms with van der Waals surface area (Å²) in [5.74, 6) is -1.51. The lowest BCUT2D eigenvalue weighted by Crippen LogP contribution is -2.17. The highest BCUT2D eigenvalue weighted by Crippen LogP contribution is 2.22. The number of nitrogens with zero attached hydrogens (tertiary/aromatic N) is 2. The second-order valence-electron chi connectivity index (χ2n) is 3.88. The molecule has 0 aromatic heterocycles. The number of esters is 1. The van der Waals surface area contributed by atoms with Crippen LogP contribution in [0.5, 0.6) is 0 Å². The summed E-state index contributed by atoms with van der Waals surface area (Å²) in [5, 5.41) is 8.90. The molecule has 0 N–H and O–H groups in total. The van der Waals surface area contributed by atoms with E-state index in [4.69, 9.17) is 10.00 Å². The van der Waals surface area contributed by atoms with Crippen LogP contribution in [0.2, 0.25) is 0 Å². The van der Waals surface area contributed by atoms with Crippen LogP contribution in [0.1, 0.15) is 18.1 Å². The Morgan fingerprint density at radius 3 is 2.61 bits per heavy atom. The molecule has 0 aliphatic carbocycles. The van der Waals surface area contributed by atoms with E-state index in [1.54, 1.807) is 6.92 Å². The van der Waals surface area contributed by atoms with E-state index in [0.29, 0.717) is 0 Å². The molecule has 1 aromatic carbocycles. The molecule has 0 radical (unpaired) electrons. The van der Waals surface area contributed by atoms with Gasteiger partial charge in [-0.05, 0) is 31.9 Å². The maximum Gasteiger partial charge on any atom is 0.328 e.